The Labute approximate surface area is 93.3 Å². The highest BCUT2D eigenvalue weighted by molar-refractivity contribution is 5.41. The molecule has 2 heterocycles. The number of aromatic amines is 1. The molecule has 0 aliphatic heterocycles. The van der Waals surface area contributed by atoms with Crippen LogP contribution in [-0.4, -0.2) is 19.9 Å². The second-order valence-electron chi connectivity index (χ2n) is 3.59. The molecule has 16 heavy (non-hydrogen) atoms. The summed E-state index contributed by atoms with van der Waals surface area (Å²) >= 11 is 0. The fourth-order valence-corrected chi connectivity index (χ4v) is 1.47. The van der Waals surface area contributed by atoms with E-state index in [-0.39, 0.29) is 12.0 Å². The van der Waals surface area contributed by atoms with E-state index in [9.17, 15) is 0 Å². The SMILES string of the molecule is Cc1cc(NC(C)c2ncc[nH]2)nc(N)n1. The second kappa shape index (κ2) is 4.18. The molecule has 0 amide bonds. The van der Waals surface area contributed by atoms with Crippen LogP contribution in [0.4, 0.5) is 11.8 Å². The van der Waals surface area contributed by atoms with Gasteiger partial charge < -0.3 is 16.0 Å². The summed E-state index contributed by atoms with van der Waals surface area (Å²) in [7, 11) is 0. The minimum atomic E-state index is 0.0451. The van der Waals surface area contributed by atoms with Gasteiger partial charge in [-0.3, -0.25) is 0 Å². The molecule has 0 aliphatic carbocycles. The van der Waals surface area contributed by atoms with Gasteiger partial charge in [0.25, 0.3) is 0 Å². The van der Waals surface area contributed by atoms with Crippen molar-refractivity contribution in [2.24, 2.45) is 0 Å². The molecule has 0 aliphatic rings. The van der Waals surface area contributed by atoms with E-state index in [1.807, 2.05) is 19.9 Å². The predicted octanol–water partition coefficient (Wildman–Crippen LogP) is 1.26. The first-order valence-electron chi connectivity index (χ1n) is 5.02. The van der Waals surface area contributed by atoms with Crippen molar-refractivity contribution in [3.63, 3.8) is 0 Å². The Bertz CT molecular complexity index is 444. The van der Waals surface area contributed by atoms with Crippen LogP contribution in [0.25, 0.3) is 0 Å². The van der Waals surface area contributed by atoms with Gasteiger partial charge in [0.15, 0.2) is 0 Å². The highest BCUT2D eigenvalue weighted by Gasteiger charge is 2.08. The van der Waals surface area contributed by atoms with Crippen LogP contribution >= 0.6 is 0 Å². The summed E-state index contributed by atoms with van der Waals surface area (Å²) in [5.41, 5.74) is 6.40. The van der Waals surface area contributed by atoms with Crippen LogP contribution < -0.4 is 11.1 Å². The van der Waals surface area contributed by atoms with Crippen molar-refractivity contribution in [2.45, 2.75) is 19.9 Å². The number of nitrogen functional groups attached to an aromatic ring is 1. The molecule has 1 atom stereocenters. The van der Waals surface area contributed by atoms with Gasteiger partial charge in [-0.05, 0) is 13.8 Å². The molecule has 0 radical (unpaired) electrons. The van der Waals surface area contributed by atoms with E-state index < -0.39 is 0 Å². The van der Waals surface area contributed by atoms with Crippen LogP contribution in [0.15, 0.2) is 18.5 Å². The number of hydrogen-bond donors (Lipinski definition) is 3. The maximum atomic E-state index is 5.57. The first-order valence-corrected chi connectivity index (χ1v) is 5.02. The monoisotopic (exact) mass is 218 g/mol. The number of hydrogen-bond acceptors (Lipinski definition) is 5. The third kappa shape index (κ3) is 2.28. The summed E-state index contributed by atoms with van der Waals surface area (Å²) in [6, 6.07) is 1.89. The first kappa shape index (κ1) is 10.4. The van der Waals surface area contributed by atoms with E-state index in [2.05, 4.69) is 25.3 Å². The van der Waals surface area contributed by atoms with Crippen molar-refractivity contribution in [3.05, 3.63) is 30.0 Å². The average molecular weight is 218 g/mol. The molecule has 84 valence electrons. The minimum Gasteiger partial charge on any atom is -0.368 e. The number of nitrogens with one attached hydrogen (secondary N) is 2. The zero-order valence-electron chi connectivity index (χ0n) is 9.23. The molecule has 2 aromatic rings. The molecule has 2 rings (SSSR count). The van der Waals surface area contributed by atoms with Gasteiger partial charge in [0.2, 0.25) is 5.95 Å². The Hall–Kier alpha value is -2.11. The summed E-state index contributed by atoms with van der Waals surface area (Å²) in [6.45, 7) is 3.87. The summed E-state index contributed by atoms with van der Waals surface area (Å²) in [6.07, 6.45) is 3.50. The number of nitrogens with zero attached hydrogens (tertiary/aromatic N) is 3. The fourth-order valence-electron chi connectivity index (χ4n) is 1.47. The largest absolute Gasteiger partial charge is 0.368 e. The Balaban J connectivity index is 2.15. The Morgan fingerprint density at radius 2 is 2.25 bits per heavy atom. The van der Waals surface area contributed by atoms with Crippen molar-refractivity contribution in [1.82, 2.24) is 19.9 Å². The van der Waals surface area contributed by atoms with Crippen molar-refractivity contribution in [3.8, 4) is 0 Å². The van der Waals surface area contributed by atoms with E-state index >= 15 is 0 Å². The lowest BCUT2D eigenvalue weighted by Crippen LogP contribution is -2.11. The zero-order chi connectivity index (χ0) is 11.5. The standard InChI is InChI=1S/C10H14N6/c1-6-5-8(16-10(11)14-6)15-7(2)9-12-3-4-13-9/h3-5,7H,1-2H3,(H,12,13)(H3,11,14,15,16). The van der Waals surface area contributed by atoms with Gasteiger partial charge in [-0.1, -0.05) is 0 Å². The summed E-state index contributed by atoms with van der Waals surface area (Å²) in [5, 5.41) is 3.20. The Morgan fingerprint density at radius 3 is 2.88 bits per heavy atom. The van der Waals surface area contributed by atoms with Gasteiger partial charge in [0, 0.05) is 24.2 Å². The zero-order valence-corrected chi connectivity index (χ0v) is 9.23. The van der Waals surface area contributed by atoms with Gasteiger partial charge in [0.05, 0.1) is 6.04 Å². The molecule has 2 aromatic heterocycles. The van der Waals surface area contributed by atoms with Gasteiger partial charge in [-0.25, -0.2) is 9.97 Å². The van der Waals surface area contributed by atoms with Gasteiger partial charge >= 0.3 is 0 Å². The van der Waals surface area contributed by atoms with Gasteiger partial charge in [-0.15, -0.1) is 0 Å². The Morgan fingerprint density at radius 1 is 1.44 bits per heavy atom. The molecule has 0 spiro atoms. The van der Waals surface area contributed by atoms with E-state index in [1.54, 1.807) is 12.4 Å². The van der Waals surface area contributed by atoms with Crippen molar-refractivity contribution >= 4 is 11.8 Å². The maximum Gasteiger partial charge on any atom is 0.222 e. The molecule has 0 bridgehead atoms. The number of aromatic nitrogens is 4. The average Bonchev–Trinajstić information content (AvgIpc) is 2.68. The topological polar surface area (TPSA) is 92.5 Å². The molecule has 0 saturated heterocycles. The number of aryl methyl sites for hydroxylation is 1. The van der Waals surface area contributed by atoms with Crippen LogP contribution in [0, 0.1) is 6.92 Å². The quantitative estimate of drug-likeness (QED) is 0.721. The third-order valence-corrected chi connectivity index (χ3v) is 2.17. The summed E-state index contributed by atoms with van der Waals surface area (Å²) in [5.74, 6) is 1.83. The summed E-state index contributed by atoms with van der Waals surface area (Å²) < 4.78 is 0. The molecular weight excluding hydrogens is 204 g/mol. The van der Waals surface area contributed by atoms with E-state index in [0.717, 1.165) is 11.5 Å². The second-order valence-corrected chi connectivity index (χ2v) is 3.59. The lowest BCUT2D eigenvalue weighted by atomic mass is 10.3. The van der Waals surface area contributed by atoms with Crippen LogP contribution in [-0.2, 0) is 0 Å². The van der Waals surface area contributed by atoms with E-state index in [4.69, 9.17) is 5.73 Å². The molecule has 0 aromatic carbocycles. The third-order valence-electron chi connectivity index (χ3n) is 2.17. The first-order chi connectivity index (χ1) is 7.65. The van der Waals surface area contributed by atoms with E-state index in [1.165, 1.54) is 0 Å². The van der Waals surface area contributed by atoms with Crippen molar-refractivity contribution in [2.75, 3.05) is 11.1 Å². The summed E-state index contributed by atoms with van der Waals surface area (Å²) in [4.78, 5) is 15.3. The lowest BCUT2D eigenvalue weighted by molar-refractivity contribution is 0.802. The van der Waals surface area contributed by atoms with Crippen molar-refractivity contribution in [1.29, 1.82) is 0 Å². The molecule has 4 N–H and O–H groups in total. The van der Waals surface area contributed by atoms with Crippen molar-refractivity contribution < 1.29 is 0 Å². The predicted molar refractivity (Wildman–Crippen MR) is 61.8 cm³/mol. The fraction of sp³-hybridized carbons (Fsp3) is 0.300. The smallest absolute Gasteiger partial charge is 0.222 e. The molecule has 6 heteroatoms. The molecular formula is C10H14N6. The molecule has 1 unspecified atom stereocenters. The highest BCUT2D eigenvalue weighted by atomic mass is 15.1. The number of rotatable bonds is 3. The minimum absolute atomic E-state index is 0.0451. The normalized spacial score (nSPS) is 12.4. The van der Waals surface area contributed by atoms with Crippen LogP contribution in [0.3, 0.4) is 0 Å². The van der Waals surface area contributed by atoms with E-state index in [0.29, 0.717) is 5.82 Å². The number of anilines is 2. The van der Waals surface area contributed by atoms with Crippen LogP contribution in [0.1, 0.15) is 24.5 Å². The lowest BCUT2D eigenvalue weighted by Gasteiger charge is -2.12. The maximum absolute atomic E-state index is 5.57. The number of imidazole rings is 1. The van der Waals surface area contributed by atoms with Gasteiger partial charge in [-0.2, -0.15) is 4.98 Å². The van der Waals surface area contributed by atoms with Crippen LogP contribution in [0.5, 0.6) is 0 Å². The van der Waals surface area contributed by atoms with Crippen LogP contribution in [0.2, 0.25) is 0 Å². The Kier molecular flexibility index (Phi) is 2.72. The highest BCUT2D eigenvalue weighted by Crippen LogP contribution is 2.15. The van der Waals surface area contributed by atoms with Gasteiger partial charge in [0.1, 0.15) is 11.6 Å². The molecule has 0 saturated carbocycles. The number of H-pyrrole nitrogens is 1. The molecule has 0 fully saturated rings. The number of nitrogens with two attached hydrogens (primary N) is 1. The molecule has 6 nitrogen and oxygen atoms in total.